The van der Waals surface area contributed by atoms with Gasteiger partial charge in [0, 0.05) is 25.9 Å². The Kier molecular flexibility index (Phi) is 8.47. The first-order valence-electron chi connectivity index (χ1n) is 10.7. The normalized spacial score (nSPS) is 17.8. The minimum absolute atomic E-state index is 0.0101. The lowest BCUT2D eigenvalue weighted by Crippen LogP contribution is -2.31. The third-order valence-corrected chi connectivity index (χ3v) is 8.04. The summed E-state index contributed by atoms with van der Waals surface area (Å²) in [5.41, 5.74) is 1.76. The molecule has 186 valence electrons. The van der Waals surface area contributed by atoms with Crippen LogP contribution in [-0.4, -0.2) is 67.2 Å². The molecule has 1 fully saturated rings. The van der Waals surface area contributed by atoms with Gasteiger partial charge in [-0.1, -0.05) is 35.4 Å². The Labute approximate surface area is 200 Å². The molecule has 9 nitrogen and oxygen atoms in total. The minimum Gasteiger partial charge on any atom is -0.378 e. The Morgan fingerprint density at radius 3 is 1.91 bits per heavy atom. The molecule has 0 aromatic heterocycles. The average molecular weight is 512 g/mol. The number of carbonyl (C=O) groups excluding carboxylic acids is 1. The number of hydrogen-bond acceptors (Lipinski definition) is 8. The number of benzene rings is 2. The molecule has 0 radical (unpaired) electrons. The van der Waals surface area contributed by atoms with Crippen molar-refractivity contribution >= 4 is 26.1 Å². The van der Waals surface area contributed by atoms with E-state index in [4.69, 9.17) is 13.1 Å². The highest BCUT2D eigenvalue weighted by Crippen LogP contribution is 2.20. The highest BCUT2D eigenvalue weighted by Gasteiger charge is 2.29. The van der Waals surface area contributed by atoms with Crippen LogP contribution >= 0.6 is 0 Å². The van der Waals surface area contributed by atoms with Crippen molar-refractivity contribution in [3.8, 4) is 0 Å². The monoisotopic (exact) mass is 511 g/mol. The van der Waals surface area contributed by atoms with Crippen molar-refractivity contribution in [3.05, 3.63) is 59.7 Å². The van der Waals surface area contributed by atoms with Gasteiger partial charge in [0.1, 0.15) is 6.10 Å². The largest absolute Gasteiger partial charge is 0.378 e. The number of amides is 1. The molecule has 3 rings (SSSR count). The first kappa shape index (κ1) is 26.3. The summed E-state index contributed by atoms with van der Waals surface area (Å²) in [6, 6.07) is 12.2. The second kappa shape index (κ2) is 11.0. The zero-order chi connectivity index (χ0) is 24.9. The second-order valence-electron chi connectivity index (χ2n) is 8.42. The van der Waals surface area contributed by atoms with Gasteiger partial charge in [0.05, 0.1) is 29.6 Å². The molecule has 0 N–H and O–H groups in total. The van der Waals surface area contributed by atoms with Crippen LogP contribution in [0.2, 0.25) is 0 Å². The van der Waals surface area contributed by atoms with E-state index in [-0.39, 0.29) is 34.8 Å². The summed E-state index contributed by atoms with van der Waals surface area (Å²) in [4.78, 5) is 13.2. The first-order chi connectivity index (χ1) is 16.0. The van der Waals surface area contributed by atoms with Crippen LogP contribution in [0.1, 0.15) is 17.5 Å². The predicted molar refractivity (Wildman–Crippen MR) is 124 cm³/mol. The molecule has 2 aromatic rings. The van der Waals surface area contributed by atoms with Gasteiger partial charge in [-0.15, -0.1) is 0 Å². The van der Waals surface area contributed by atoms with E-state index < -0.39 is 32.9 Å². The van der Waals surface area contributed by atoms with Gasteiger partial charge in [-0.25, -0.2) is 0 Å². The standard InChI is InChI=1S/C23H29NO8S2/c1-17-4-8-21(9-5-17)33(26,27)31-16-20(15-30-14-19-12-23(25)24(3)13-19)32-34(28,29)22-10-6-18(2)7-11-22/h4-11,19-20H,12-16H2,1-3H3/t19?,20-/m1/s1. The van der Waals surface area contributed by atoms with Gasteiger partial charge in [0.15, 0.2) is 0 Å². The number of aryl methyl sites for hydroxylation is 2. The lowest BCUT2D eigenvalue weighted by Gasteiger charge is -2.19. The predicted octanol–water partition coefficient (Wildman–Crippen LogP) is 2.28. The number of carbonyl (C=O) groups is 1. The number of nitrogens with zero attached hydrogens (tertiary/aromatic N) is 1. The van der Waals surface area contributed by atoms with Crippen LogP contribution in [0.5, 0.6) is 0 Å². The summed E-state index contributed by atoms with van der Waals surface area (Å²) in [7, 11) is -6.63. The summed E-state index contributed by atoms with van der Waals surface area (Å²) < 4.78 is 66.7. The summed E-state index contributed by atoms with van der Waals surface area (Å²) in [5.74, 6) is -0.0278. The molecule has 1 unspecified atom stereocenters. The van der Waals surface area contributed by atoms with Crippen molar-refractivity contribution in [2.24, 2.45) is 5.92 Å². The van der Waals surface area contributed by atoms with E-state index in [1.165, 1.54) is 24.3 Å². The van der Waals surface area contributed by atoms with Crippen molar-refractivity contribution in [1.29, 1.82) is 0 Å². The van der Waals surface area contributed by atoms with Crippen LogP contribution in [0.4, 0.5) is 0 Å². The number of hydrogen-bond donors (Lipinski definition) is 0. The van der Waals surface area contributed by atoms with E-state index in [1.807, 2.05) is 13.8 Å². The highest BCUT2D eigenvalue weighted by molar-refractivity contribution is 7.87. The zero-order valence-corrected chi connectivity index (χ0v) is 21.0. The molecular weight excluding hydrogens is 482 g/mol. The molecule has 1 amide bonds. The molecule has 11 heteroatoms. The quantitative estimate of drug-likeness (QED) is 0.422. The maximum atomic E-state index is 12.8. The molecule has 0 spiro atoms. The fourth-order valence-electron chi connectivity index (χ4n) is 3.42. The molecule has 34 heavy (non-hydrogen) atoms. The smallest absolute Gasteiger partial charge is 0.297 e. The molecule has 2 aromatic carbocycles. The Balaban J connectivity index is 1.69. The van der Waals surface area contributed by atoms with Gasteiger partial charge in [-0.2, -0.15) is 16.8 Å². The van der Waals surface area contributed by atoms with E-state index in [0.717, 1.165) is 11.1 Å². The first-order valence-corrected chi connectivity index (χ1v) is 13.6. The highest BCUT2D eigenvalue weighted by atomic mass is 32.2. The molecule has 1 heterocycles. The fraction of sp³-hybridized carbons (Fsp3) is 0.435. The molecule has 0 saturated carbocycles. The van der Waals surface area contributed by atoms with Crippen molar-refractivity contribution in [2.75, 3.05) is 33.4 Å². The third-order valence-electron chi connectivity index (χ3n) is 5.37. The summed E-state index contributed by atoms with van der Waals surface area (Å²) in [6.07, 6.45) is -0.886. The van der Waals surface area contributed by atoms with Crippen LogP contribution in [-0.2, 0) is 38.1 Å². The lowest BCUT2D eigenvalue weighted by atomic mass is 10.1. The SMILES string of the molecule is Cc1ccc(S(=O)(=O)OC[C@@H](COCC2CC(=O)N(C)C2)OS(=O)(=O)c2ccc(C)cc2)cc1. The Bertz CT molecular complexity index is 1190. The number of likely N-dealkylation sites (tertiary alicyclic amines) is 1. The van der Waals surface area contributed by atoms with Crippen LogP contribution < -0.4 is 0 Å². The third kappa shape index (κ3) is 7.09. The van der Waals surface area contributed by atoms with E-state index in [1.54, 1.807) is 36.2 Å². The maximum absolute atomic E-state index is 12.8. The second-order valence-corrected chi connectivity index (χ2v) is 11.6. The van der Waals surface area contributed by atoms with Gasteiger partial charge in [-0.05, 0) is 38.1 Å². The van der Waals surface area contributed by atoms with Crippen LogP contribution in [0, 0.1) is 19.8 Å². The van der Waals surface area contributed by atoms with Gasteiger partial charge in [0.25, 0.3) is 20.2 Å². The van der Waals surface area contributed by atoms with Crippen LogP contribution in [0.15, 0.2) is 58.3 Å². The van der Waals surface area contributed by atoms with E-state index in [2.05, 4.69) is 0 Å². The molecule has 1 saturated heterocycles. The number of ether oxygens (including phenoxy) is 1. The van der Waals surface area contributed by atoms with E-state index in [9.17, 15) is 21.6 Å². The van der Waals surface area contributed by atoms with E-state index in [0.29, 0.717) is 13.0 Å². The van der Waals surface area contributed by atoms with Crippen LogP contribution in [0.25, 0.3) is 0 Å². The van der Waals surface area contributed by atoms with Gasteiger partial charge >= 0.3 is 0 Å². The molecule has 0 bridgehead atoms. The fourth-order valence-corrected chi connectivity index (χ4v) is 5.40. The molecule has 1 aliphatic heterocycles. The maximum Gasteiger partial charge on any atom is 0.297 e. The summed E-state index contributed by atoms with van der Waals surface area (Å²) >= 11 is 0. The Hall–Kier alpha value is -2.31. The van der Waals surface area contributed by atoms with Gasteiger partial charge < -0.3 is 9.64 Å². The Morgan fingerprint density at radius 1 is 0.882 bits per heavy atom. The number of rotatable bonds is 11. The van der Waals surface area contributed by atoms with Crippen molar-refractivity contribution < 1.29 is 34.7 Å². The lowest BCUT2D eigenvalue weighted by molar-refractivity contribution is -0.126. The Morgan fingerprint density at radius 2 is 1.41 bits per heavy atom. The van der Waals surface area contributed by atoms with Gasteiger partial charge in [0.2, 0.25) is 5.91 Å². The van der Waals surface area contributed by atoms with Crippen LogP contribution in [0.3, 0.4) is 0 Å². The van der Waals surface area contributed by atoms with Gasteiger partial charge in [-0.3, -0.25) is 13.2 Å². The average Bonchev–Trinajstić information content (AvgIpc) is 3.09. The van der Waals surface area contributed by atoms with Crippen molar-refractivity contribution in [2.45, 2.75) is 36.2 Å². The van der Waals surface area contributed by atoms with Crippen molar-refractivity contribution in [1.82, 2.24) is 4.90 Å². The minimum atomic E-state index is -4.20. The molecule has 0 aliphatic carbocycles. The molecule has 2 atom stereocenters. The summed E-state index contributed by atoms with van der Waals surface area (Å²) in [6.45, 7) is 3.58. The molecular formula is C23H29NO8S2. The topological polar surface area (TPSA) is 116 Å². The van der Waals surface area contributed by atoms with Crippen molar-refractivity contribution in [3.63, 3.8) is 0 Å². The summed E-state index contributed by atoms with van der Waals surface area (Å²) in [5, 5.41) is 0. The zero-order valence-electron chi connectivity index (χ0n) is 19.3. The van der Waals surface area contributed by atoms with E-state index >= 15 is 0 Å². The molecule has 1 aliphatic rings.